The van der Waals surface area contributed by atoms with Gasteiger partial charge in [0.25, 0.3) is 5.69 Å². The van der Waals surface area contributed by atoms with Gasteiger partial charge in [0.2, 0.25) is 6.04 Å². The van der Waals surface area contributed by atoms with Gasteiger partial charge >= 0.3 is 26.0 Å². The highest BCUT2D eigenvalue weighted by atomic mass is 32.3. The SMILES string of the molecule is CC(C)C[N+]([C@@H](CCCCN)C(=O)O)(S(=O)(=O)Cc1ccccc1)S(=O)(=O)c1ccc([N+](=O)[O-])cc1. The van der Waals surface area contributed by atoms with Crippen molar-refractivity contribution in [3.63, 3.8) is 0 Å². The second-order valence-electron chi connectivity index (χ2n) is 8.88. The molecule has 11 nitrogen and oxygen atoms in total. The quantitative estimate of drug-likeness (QED) is 0.157. The first kappa shape index (κ1) is 29.4. The number of quaternary nitrogens is 1. The predicted molar refractivity (Wildman–Crippen MR) is 134 cm³/mol. The molecule has 0 spiro atoms. The number of nitrogens with zero attached hydrogens (tertiary/aromatic N) is 2. The number of nitrogens with two attached hydrogens (primary N) is 1. The van der Waals surface area contributed by atoms with Crippen LogP contribution in [0.3, 0.4) is 0 Å². The fraction of sp³-hybridized carbons (Fsp3) is 0.435. The summed E-state index contributed by atoms with van der Waals surface area (Å²) < 4.78 is 55.0. The highest BCUT2D eigenvalue weighted by molar-refractivity contribution is 7.98. The Morgan fingerprint density at radius 2 is 1.61 bits per heavy atom. The molecule has 0 saturated carbocycles. The fourth-order valence-electron chi connectivity index (χ4n) is 4.14. The third-order valence-corrected chi connectivity index (χ3v) is 11.1. The van der Waals surface area contributed by atoms with E-state index in [-0.39, 0.29) is 25.1 Å². The van der Waals surface area contributed by atoms with Gasteiger partial charge in [-0.25, -0.2) is 4.79 Å². The van der Waals surface area contributed by atoms with Crippen molar-refractivity contribution in [1.82, 2.24) is 0 Å². The maximum atomic E-state index is 14.2. The average Bonchev–Trinajstić information content (AvgIpc) is 2.80. The number of hydrogen-bond acceptors (Lipinski definition) is 8. The lowest BCUT2D eigenvalue weighted by atomic mass is 10.1. The number of nitro benzene ring substituents is 1. The number of carboxylic acids is 1. The molecule has 0 fully saturated rings. The zero-order valence-electron chi connectivity index (χ0n) is 20.2. The zero-order chi connectivity index (χ0) is 27.1. The van der Waals surface area contributed by atoms with Crippen LogP contribution in [0.2, 0.25) is 0 Å². The van der Waals surface area contributed by atoms with Crippen LogP contribution >= 0.6 is 0 Å². The van der Waals surface area contributed by atoms with Crippen molar-refractivity contribution in [1.29, 1.82) is 0 Å². The molecule has 2 aromatic rings. The summed E-state index contributed by atoms with van der Waals surface area (Å²) in [5, 5.41) is 21.3. The molecule has 2 aromatic carbocycles. The molecule has 0 aliphatic heterocycles. The summed E-state index contributed by atoms with van der Waals surface area (Å²) in [5.41, 5.74) is 5.45. The Kier molecular flexibility index (Phi) is 9.71. The van der Waals surface area contributed by atoms with Crippen LogP contribution < -0.4 is 5.73 Å². The van der Waals surface area contributed by atoms with E-state index < -0.39 is 63.4 Å². The van der Waals surface area contributed by atoms with E-state index in [2.05, 4.69) is 0 Å². The molecule has 2 atom stereocenters. The molecule has 2 rings (SSSR count). The Morgan fingerprint density at radius 1 is 1.03 bits per heavy atom. The van der Waals surface area contributed by atoms with Crippen LogP contribution in [0, 0.1) is 16.0 Å². The van der Waals surface area contributed by atoms with Gasteiger partial charge in [-0.1, -0.05) is 47.5 Å². The molecule has 3 N–H and O–H groups in total. The molecule has 0 amide bonds. The second kappa shape index (κ2) is 11.9. The van der Waals surface area contributed by atoms with Crippen LogP contribution in [0.1, 0.15) is 38.7 Å². The largest absolute Gasteiger partial charge is 0.477 e. The Morgan fingerprint density at radius 3 is 2.08 bits per heavy atom. The molecule has 0 aliphatic carbocycles. The van der Waals surface area contributed by atoms with Gasteiger partial charge in [-0.05, 0) is 37.1 Å². The van der Waals surface area contributed by atoms with Crippen molar-refractivity contribution >= 4 is 31.7 Å². The minimum Gasteiger partial charge on any atom is -0.477 e. The van der Waals surface area contributed by atoms with E-state index in [0.717, 1.165) is 24.3 Å². The Labute approximate surface area is 211 Å². The molecule has 13 heteroatoms. The smallest absolute Gasteiger partial charge is 0.365 e. The number of unbranched alkanes of at least 4 members (excludes halogenated alkanes) is 1. The van der Waals surface area contributed by atoms with E-state index in [4.69, 9.17) is 5.73 Å². The first-order chi connectivity index (χ1) is 16.8. The van der Waals surface area contributed by atoms with Gasteiger partial charge in [0.05, 0.1) is 4.92 Å². The van der Waals surface area contributed by atoms with Crippen LogP contribution in [0.15, 0.2) is 59.5 Å². The van der Waals surface area contributed by atoms with Gasteiger partial charge in [0.15, 0.2) is 0 Å². The molecule has 0 aromatic heterocycles. The van der Waals surface area contributed by atoms with Gasteiger partial charge in [-0.15, -0.1) is 0 Å². The molecular weight excluding hydrogens is 510 g/mol. The standard InChI is InChI=1S/C23H31N3O8S2/c1-18(2)16-26(22(23(27)28)10-6-7-15-24,35(31,32)17-19-8-4-3-5-9-19)36(33,34)21-13-11-20(12-14-21)25(29)30/h3-5,8-9,11-14,18,22H,6-7,10,15-17,24H2,1-2H3/p+1/t22-,26?/m0/s1. The topological polar surface area (TPSA) is 175 Å². The summed E-state index contributed by atoms with van der Waals surface area (Å²) in [5.74, 6) is -2.83. The molecule has 198 valence electrons. The molecule has 0 radical (unpaired) electrons. The van der Waals surface area contributed by atoms with Crippen LogP contribution in [0.25, 0.3) is 0 Å². The Bertz CT molecular complexity index is 1260. The van der Waals surface area contributed by atoms with E-state index in [1.165, 1.54) is 12.1 Å². The summed E-state index contributed by atoms with van der Waals surface area (Å²) >= 11 is 0. The van der Waals surface area contributed by atoms with Gasteiger partial charge in [-0.3, -0.25) is 10.1 Å². The molecule has 0 aliphatic rings. The minimum absolute atomic E-state index is 0.197. The van der Waals surface area contributed by atoms with Gasteiger partial charge in [0.1, 0.15) is 17.2 Å². The highest BCUT2D eigenvalue weighted by Crippen LogP contribution is 2.38. The summed E-state index contributed by atoms with van der Waals surface area (Å²) in [6, 6.07) is 9.84. The fourth-order valence-corrected chi connectivity index (χ4v) is 9.56. The summed E-state index contributed by atoms with van der Waals surface area (Å²) in [6.07, 6.45) is 0.323. The predicted octanol–water partition coefficient (Wildman–Crippen LogP) is 2.87. The molecular formula is C23H32N3O8S2+. The monoisotopic (exact) mass is 542 g/mol. The molecule has 0 heterocycles. The lowest BCUT2D eigenvalue weighted by Crippen LogP contribution is -2.66. The Hall–Kier alpha value is -2.87. The summed E-state index contributed by atoms with van der Waals surface area (Å²) in [7, 11) is -9.69. The molecule has 1 unspecified atom stereocenters. The first-order valence-corrected chi connectivity index (χ1v) is 14.4. The number of nitro groups is 1. The summed E-state index contributed by atoms with van der Waals surface area (Å²) in [4.78, 5) is 22.4. The number of carbonyl (C=O) groups is 1. The minimum atomic E-state index is -4.94. The van der Waals surface area contributed by atoms with Crippen molar-refractivity contribution < 1.29 is 35.0 Å². The van der Waals surface area contributed by atoms with Crippen molar-refractivity contribution in [2.24, 2.45) is 11.7 Å². The van der Waals surface area contributed by atoms with Crippen molar-refractivity contribution in [2.45, 2.75) is 49.8 Å². The third kappa shape index (κ3) is 6.09. The number of carboxylic acid groups (broad SMARTS) is 1. The molecule has 36 heavy (non-hydrogen) atoms. The van der Waals surface area contributed by atoms with Crippen LogP contribution in [0.5, 0.6) is 0 Å². The van der Waals surface area contributed by atoms with Gasteiger partial charge in [-0.2, -0.15) is 16.8 Å². The van der Waals surface area contributed by atoms with Crippen molar-refractivity contribution in [3.8, 4) is 0 Å². The van der Waals surface area contributed by atoms with Crippen LogP contribution in [0.4, 0.5) is 5.69 Å². The van der Waals surface area contributed by atoms with E-state index >= 15 is 0 Å². The maximum Gasteiger partial charge on any atom is 0.365 e. The molecule has 0 saturated heterocycles. The zero-order valence-corrected chi connectivity index (χ0v) is 21.8. The number of rotatable bonds is 14. The number of hydrogen-bond donors (Lipinski definition) is 2. The van der Waals surface area contributed by atoms with Gasteiger partial charge in [0, 0.05) is 24.5 Å². The normalized spacial score (nSPS) is 14.8. The lowest BCUT2D eigenvalue weighted by molar-refractivity contribution is -0.700. The van der Waals surface area contributed by atoms with E-state index in [1.54, 1.807) is 32.0 Å². The highest BCUT2D eigenvalue weighted by Gasteiger charge is 2.61. The average molecular weight is 543 g/mol. The second-order valence-corrected chi connectivity index (χ2v) is 13.3. The van der Waals surface area contributed by atoms with Crippen LogP contribution in [-0.2, 0) is 30.6 Å². The number of sulfonamides is 2. The lowest BCUT2D eigenvalue weighted by Gasteiger charge is -2.40. The van der Waals surface area contributed by atoms with Crippen LogP contribution in [-0.4, -0.2) is 55.3 Å². The summed E-state index contributed by atoms with van der Waals surface area (Å²) in [6.45, 7) is 2.90. The number of non-ortho nitro benzene ring substituents is 1. The number of benzene rings is 2. The van der Waals surface area contributed by atoms with E-state index in [9.17, 15) is 36.9 Å². The first-order valence-electron chi connectivity index (χ1n) is 11.4. The number of aliphatic carboxylic acids is 1. The van der Waals surface area contributed by atoms with Crippen molar-refractivity contribution in [2.75, 3.05) is 13.1 Å². The Balaban J connectivity index is 2.89. The van der Waals surface area contributed by atoms with E-state index in [1.807, 2.05) is 0 Å². The van der Waals surface area contributed by atoms with E-state index in [0.29, 0.717) is 12.0 Å². The molecule has 0 bridgehead atoms. The van der Waals surface area contributed by atoms with Gasteiger partial charge < -0.3 is 10.8 Å². The maximum absolute atomic E-state index is 14.2. The van der Waals surface area contributed by atoms with Crippen molar-refractivity contribution in [3.05, 3.63) is 70.3 Å². The third-order valence-electron chi connectivity index (χ3n) is 5.73.